The maximum absolute atomic E-state index is 4.95. The van der Waals surface area contributed by atoms with Gasteiger partial charge in [-0.2, -0.15) is 0 Å². The van der Waals surface area contributed by atoms with E-state index in [1.165, 1.54) is 59.4 Å². The summed E-state index contributed by atoms with van der Waals surface area (Å²) in [5.74, 6) is 0. The molecule has 3 nitrogen and oxygen atoms in total. The summed E-state index contributed by atoms with van der Waals surface area (Å²) in [7, 11) is 0. The lowest BCUT2D eigenvalue weighted by atomic mass is 9.81. The molecule has 8 rings (SSSR count). The van der Waals surface area contributed by atoms with Crippen LogP contribution in [0.15, 0.2) is 104 Å². The number of hydrogen-bond acceptors (Lipinski definition) is 3. The molecule has 4 aromatic heterocycles. The number of rotatable bonds is 2. The minimum absolute atomic E-state index is 0.0818. The predicted octanol–water partition coefficient (Wildman–Crippen LogP) is 8.74. The Kier molecular flexibility index (Phi) is 4.16. The minimum atomic E-state index is -0.0818. The number of fused-ring (bicyclic) bond motifs is 8. The van der Waals surface area contributed by atoms with E-state index in [-0.39, 0.29) is 5.41 Å². The van der Waals surface area contributed by atoms with Crippen molar-refractivity contribution in [3.8, 4) is 33.4 Å². The Labute approximate surface area is 218 Å². The molecule has 1 aliphatic rings. The number of thiophene rings is 1. The summed E-state index contributed by atoms with van der Waals surface area (Å²) in [5.41, 5.74) is 12.3. The molecule has 4 heteroatoms. The summed E-state index contributed by atoms with van der Waals surface area (Å²) >= 11 is 1.81. The smallest absolute Gasteiger partial charge is 0.138 e. The van der Waals surface area contributed by atoms with Crippen LogP contribution in [-0.4, -0.2) is 14.4 Å². The summed E-state index contributed by atoms with van der Waals surface area (Å²) in [6, 6.07) is 30.9. The van der Waals surface area contributed by atoms with E-state index >= 15 is 0 Å². The lowest BCUT2D eigenvalue weighted by Gasteiger charge is -2.22. The van der Waals surface area contributed by atoms with Crippen molar-refractivity contribution in [1.82, 2.24) is 14.4 Å². The van der Waals surface area contributed by atoms with Gasteiger partial charge in [-0.1, -0.05) is 56.3 Å². The number of aromatic nitrogens is 3. The van der Waals surface area contributed by atoms with Crippen molar-refractivity contribution < 1.29 is 0 Å². The number of imidazole rings is 1. The van der Waals surface area contributed by atoms with Gasteiger partial charge >= 0.3 is 0 Å². The molecule has 0 saturated heterocycles. The third-order valence-corrected chi connectivity index (χ3v) is 9.11. The first kappa shape index (κ1) is 20.9. The molecule has 0 saturated carbocycles. The molecule has 0 bridgehead atoms. The number of hydrogen-bond donors (Lipinski definition) is 0. The second kappa shape index (κ2) is 7.37. The number of nitrogens with zero attached hydrogens (tertiary/aromatic N) is 3. The van der Waals surface area contributed by atoms with Crippen LogP contribution in [0.25, 0.3) is 59.5 Å². The summed E-state index contributed by atoms with van der Waals surface area (Å²) in [5, 5.41) is 1.23. The molecule has 4 heterocycles. The van der Waals surface area contributed by atoms with Gasteiger partial charge < -0.3 is 0 Å². The largest absolute Gasteiger partial charge is 0.290 e. The van der Waals surface area contributed by atoms with Crippen molar-refractivity contribution in [2.24, 2.45) is 0 Å². The highest BCUT2D eigenvalue weighted by molar-refractivity contribution is 7.25. The zero-order valence-electron chi connectivity index (χ0n) is 20.6. The van der Waals surface area contributed by atoms with Gasteiger partial charge in [-0.15, -0.1) is 11.3 Å². The lowest BCUT2D eigenvalue weighted by Crippen LogP contribution is -2.15. The van der Waals surface area contributed by atoms with Crippen LogP contribution in [-0.2, 0) is 5.41 Å². The average molecular weight is 494 g/mol. The zero-order valence-corrected chi connectivity index (χ0v) is 21.4. The van der Waals surface area contributed by atoms with Gasteiger partial charge in [-0.25, -0.2) is 4.98 Å². The Morgan fingerprint density at radius 3 is 2.14 bits per heavy atom. The van der Waals surface area contributed by atoms with E-state index in [9.17, 15) is 0 Å². The molecule has 0 unspecified atom stereocenters. The normalized spacial score (nSPS) is 13.9. The van der Waals surface area contributed by atoms with Gasteiger partial charge in [0, 0.05) is 34.1 Å². The molecule has 7 aromatic rings. The average Bonchev–Trinajstić information content (AvgIpc) is 3.55. The number of benzene rings is 3. The highest BCUT2D eigenvalue weighted by atomic mass is 32.1. The molecular formula is C33H23N3S. The van der Waals surface area contributed by atoms with Gasteiger partial charge in [0.1, 0.15) is 16.0 Å². The predicted molar refractivity (Wildman–Crippen MR) is 154 cm³/mol. The van der Waals surface area contributed by atoms with E-state index in [1.54, 1.807) is 0 Å². The van der Waals surface area contributed by atoms with Crippen LogP contribution in [0.2, 0.25) is 0 Å². The van der Waals surface area contributed by atoms with E-state index in [2.05, 4.69) is 114 Å². The van der Waals surface area contributed by atoms with Gasteiger partial charge in [-0.3, -0.25) is 9.38 Å². The summed E-state index contributed by atoms with van der Waals surface area (Å²) in [4.78, 5) is 10.3. The maximum Gasteiger partial charge on any atom is 0.138 e. The molecule has 3 aromatic carbocycles. The van der Waals surface area contributed by atoms with Crippen LogP contribution in [0.5, 0.6) is 0 Å². The fraction of sp³-hybridized carbons (Fsp3) is 0.0909. The molecule has 0 spiro atoms. The quantitative estimate of drug-likeness (QED) is 0.241. The molecule has 176 valence electrons. The summed E-state index contributed by atoms with van der Waals surface area (Å²) in [6.45, 7) is 4.69. The van der Waals surface area contributed by atoms with E-state index in [1.807, 2.05) is 23.7 Å². The molecule has 0 radical (unpaired) electrons. The third-order valence-electron chi connectivity index (χ3n) is 7.95. The van der Waals surface area contributed by atoms with Crippen LogP contribution in [0.4, 0.5) is 0 Å². The fourth-order valence-electron chi connectivity index (χ4n) is 5.96. The van der Waals surface area contributed by atoms with Crippen molar-refractivity contribution in [2.75, 3.05) is 0 Å². The van der Waals surface area contributed by atoms with Crippen LogP contribution in [0.1, 0.15) is 25.0 Å². The van der Waals surface area contributed by atoms with E-state index < -0.39 is 0 Å². The van der Waals surface area contributed by atoms with Crippen LogP contribution in [0.3, 0.4) is 0 Å². The SMILES string of the molecule is CC1(C)c2cc(-c3ccncc3)ccc2-c2ccc(-c3ccc4nc5c6ccccc6sc5n4c3)cc21. The Morgan fingerprint density at radius 1 is 0.703 bits per heavy atom. The molecule has 0 amide bonds. The van der Waals surface area contributed by atoms with Crippen LogP contribution >= 0.6 is 11.3 Å². The fourth-order valence-corrected chi connectivity index (χ4v) is 7.09. The zero-order chi connectivity index (χ0) is 24.7. The first-order valence-electron chi connectivity index (χ1n) is 12.6. The van der Waals surface area contributed by atoms with Gasteiger partial charge in [0.15, 0.2) is 0 Å². The third kappa shape index (κ3) is 2.93. The Balaban J connectivity index is 1.25. The minimum Gasteiger partial charge on any atom is -0.290 e. The van der Waals surface area contributed by atoms with Crippen molar-refractivity contribution in [2.45, 2.75) is 19.3 Å². The van der Waals surface area contributed by atoms with Gasteiger partial charge in [0.25, 0.3) is 0 Å². The molecular weight excluding hydrogens is 470 g/mol. The second-order valence-electron chi connectivity index (χ2n) is 10.4. The van der Waals surface area contributed by atoms with Crippen molar-refractivity contribution in [1.29, 1.82) is 0 Å². The Bertz CT molecular complexity index is 2010. The molecule has 0 N–H and O–H groups in total. The monoisotopic (exact) mass is 493 g/mol. The molecule has 1 aliphatic carbocycles. The summed E-state index contributed by atoms with van der Waals surface area (Å²) in [6.07, 6.45) is 5.97. The standard InChI is InChI=1S/C33H23N3S/c1-33(2)27-17-21(20-13-15-34-16-14-20)7-10-24(27)25-11-8-22(18-28(25)33)23-9-12-30-35-31-26-5-3-4-6-29(26)37-32(31)36(30)19-23/h3-19H,1-2H3. The molecule has 0 aliphatic heterocycles. The van der Waals surface area contributed by atoms with Crippen molar-refractivity contribution in [3.05, 3.63) is 115 Å². The lowest BCUT2D eigenvalue weighted by molar-refractivity contribution is 0.661. The summed E-state index contributed by atoms with van der Waals surface area (Å²) < 4.78 is 3.53. The van der Waals surface area contributed by atoms with Crippen LogP contribution in [0, 0.1) is 0 Å². The first-order chi connectivity index (χ1) is 18.1. The highest BCUT2D eigenvalue weighted by Gasteiger charge is 2.35. The van der Waals surface area contributed by atoms with Gasteiger partial charge in [0.05, 0.1) is 0 Å². The number of pyridine rings is 2. The van der Waals surface area contributed by atoms with Crippen molar-refractivity contribution >= 4 is 37.4 Å². The van der Waals surface area contributed by atoms with Gasteiger partial charge in [-0.05, 0) is 87.0 Å². The second-order valence-corrected chi connectivity index (χ2v) is 11.4. The Hall–Kier alpha value is -4.28. The van der Waals surface area contributed by atoms with Crippen molar-refractivity contribution in [3.63, 3.8) is 0 Å². The Morgan fingerprint density at radius 2 is 1.38 bits per heavy atom. The molecule has 0 atom stereocenters. The molecule has 37 heavy (non-hydrogen) atoms. The van der Waals surface area contributed by atoms with E-state index in [4.69, 9.17) is 4.98 Å². The highest BCUT2D eigenvalue weighted by Crippen LogP contribution is 2.50. The first-order valence-corrected chi connectivity index (χ1v) is 13.4. The maximum atomic E-state index is 4.95. The van der Waals surface area contributed by atoms with E-state index in [0.29, 0.717) is 0 Å². The van der Waals surface area contributed by atoms with Gasteiger partial charge in [0.2, 0.25) is 0 Å². The topological polar surface area (TPSA) is 30.2 Å². The van der Waals surface area contributed by atoms with E-state index in [0.717, 1.165) is 11.2 Å². The molecule has 0 fully saturated rings. The van der Waals surface area contributed by atoms with Crippen LogP contribution < -0.4 is 0 Å².